The Bertz CT molecular complexity index is 631. The zero-order chi connectivity index (χ0) is 17.3. The fourth-order valence-corrected chi connectivity index (χ4v) is 4.20. The largest absolute Gasteiger partial charge is 0.389 e. The Morgan fingerprint density at radius 3 is 3.00 bits per heavy atom. The Kier molecular flexibility index (Phi) is 4.69. The summed E-state index contributed by atoms with van der Waals surface area (Å²) in [7, 11) is 0. The van der Waals surface area contributed by atoms with E-state index in [1.165, 1.54) is 36.8 Å². The number of benzene rings is 1. The number of amides is 2. The van der Waals surface area contributed by atoms with Crippen LogP contribution in [0.3, 0.4) is 0 Å². The van der Waals surface area contributed by atoms with Gasteiger partial charge in [0.2, 0.25) is 0 Å². The van der Waals surface area contributed by atoms with Gasteiger partial charge in [-0.25, -0.2) is 4.79 Å². The minimum atomic E-state index is -0.640. The Morgan fingerprint density at radius 2 is 2.16 bits per heavy atom. The number of aliphatic hydroxyl groups is 1. The summed E-state index contributed by atoms with van der Waals surface area (Å²) in [6, 6.07) is 8.51. The van der Waals surface area contributed by atoms with E-state index in [0.717, 1.165) is 13.0 Å². The summed E-state index contributed by atoms with van der Waals surface area (Å²) in [5.41, 5.74) is 3.27. The van der Waals surface area contributed by atoms with E-state index >= 15 is 0 Å². The Morgan fingerprint density at radius 1 is 1.32 bits per heavy atom. The second kappa shape index (κ2) is 6.96. The maximum absolute atomic E-state index is 11.9. The van der Waals surface area contributed by atoms with Crippen molar-refractivity contribution in [1.29, 1.82) is 0 Å². The topological polar surface area (TPSA) is 70.6 Å². The van der Waals surface area contributed by atoms with Crippen molar-refractivity contribution in [3.63, 3.8) is 0 Å². The number of aliphatic hydroxyl groups excluding tert-OH is 1. The number of carbonyl (C=O) groups is 1. The first-order chi connectivity index (χ1) is 12.2. The predicted octanol–water partition coefficient (Wildman–Crippen LogP) is 1.98. The minimum absolute atomic E-state index is 0.199. The number of urea groups is 1. The van der Waals surface area contributed by atoms with E-state index in [9.17, 15) is 9.90 Å². The molecule has 0 radical (unpaired) electrons. The smallest absolute Gasteiger partial charge is 0.314 e. The van der Waals surface area contributed by atoms with Crippen LogP contribution in [0.4, 0.5) is 4.79 Å². The molecule has 3 N–H and O–H groups in total. The molecule has 4 rings (SSSR count). The molecule has 2 saturated carbocycles. The quantitative estimate of drug-likeness (QED) is 0.675. The van der Waals surface area contributed by atoms with Crippen molar-refractivity contribution in [2.24, 2.45) is 11.8 Å². The fraction of sp³-hybridized carbons (Fsp3) is 0.650. The standard InChI is InChI=1S/C20H28N2O3/c23-17(13-25-12-14-5-6-14)11-22-19(24)21-10-16-9-20(16)8-7-15-3-1-2-4-18(15)20/h1-4,14,16-17,23H,5-13H2,(H2,21,22,24)/t16-,17+,20-/m1/s1. The molecule has 3 aliphatic rings. The highest BCUT2D eigenvalue weighted by atomic mass is 16.5. The normalized spacial score (nSPS) is 27.8. The molecule has 1 aromatic rings. The third-order valence-electron chi connectivity index (χ3n) is 5.99. The molecule has 0 unspecified atom stereocenters. The van der Waals surface area contributed by atoms with Gasteiger partial charge in [0.25, 0.3) is 0 Å². The van der Waals surface area contributed by atoms with Gasteiger partial charge in [-0.1, -0.05) is 24.3 Å². The highest BCUT2D eigenvalue weighted by Gasteiger charge is 2.57. The summed E-state index contributed by atoms with van der Waals surface area (Å²) in [6.45, 7) is 1.96. The van der Waals surface area contributed by atoms with Gasteiger partial charge in [0.05, 0.1) is 12.7 Å². The van der Waals surface area contributed by atoms with Crippen LogP contribution in [0.5, 0.6) is 0 Å². The van der Waals surface area contributed by atoms with Gasteiger partial charge in [0.1, 0.15) is 0 Å². The highest BCUT2D eigenvalue weighted by molar-refractivity contribution is 5.74. The Labute approximate surface area is 149 Å². The van der Waals surface area contributed by atoms with Crippen molar-refractivity contribution in [2.45, 2.75) is 43.6 Å². The molecule has 1 aromatic carbocycles. The molecule has 0 saturated heterocycles. The van der Waals surface area contributed by atoms with Gasteiger partial charge in [-0.2, -0.15) is 0 Å². The van der Waals surface area contributed by atoms with Crippen LogP contribution in [0.15, 0.2) is 24.3 Å². The summed E-state index contributed by atoms with van der Waals surface area (Å²) in [5, 5.41) is 15.5. The third kappa shape index (κ3) is 3.82. The zero-order valence-corrected chi connectivity index (χ0v) is 14.7. The lowest BCUT2D eigenvalue weighted by atomic mass is 9.95. The lowest BCUT2D eigenvalue weighted by Gasteiger charge is -2.14. The second-order valence-electron chi connectivity index (χ2n) is 7.94. The molecule has 1 spiro atoms. The van der Waals surface area contributed by atoms with Crippen molar-refractivity contribution < 1.29 is 14.6 Å². The Hall–Kier alpha value is -1.59. The van der Waals surface area contributed by atoms with Gasteiger partial charge >= 0.3 is 6.03 Å². The lowest BCUT2D eigenvalue weighted by molar-refractivity contribution is 0.0337. The SMILES string of the molecule is O=C(NC[C@H](O)COCC1CC1)NC[C@H]1C[C@]12CCc1ccccc12. The molecular weight excluding hydrogens is 316 g/mol. The number of hydrogen-bond donors (Lipinski definition) is 3. The second-order valence-corrected chi connectivity index (χ2v) is 7.94. The highest BCUT2D eigenvalue weighted by Crippen LogP contribution is 2.61. The Balaban J connectivity index is 1.14. The fourth-order valence-electron chi connectivity index (χ4n) is 4.20. The van der Waals surface area contributed by atoms with Crippen LogP contribution in [0, 0.1) is 11.8 Å². The van der Waals surface area contributed by atoms with Gasteiger partial charge < -0.3 is 20.5 Å². The minimum Gasteiger partial charge on any atom is -0.389 e. The van der Waals surface area contributed by atoms with Crippen molar-refractivity contribution in [3.05, 3.63) is 35.4 Å². The first-order valence-electron chi connectivity index (χ1n) is 9.53. The van der Waals surface area contributed by atoms with Crippen LogP contribution in [0.2, 0.25) is 0 Å². The molecule has 2 fully saturated rings. The van der Waals surface area contributed by atoms with E-state index in [1.807, 2.05) is 0 Å². The molecule has 0 bridgehead atoms. The number of aryl methyl sites for hydroxylation is 1. The monoisotopic (exact) mass is 344 g/mol. The van der Waals surface area contributed by atoms with E-state index in [-0.39, 0.29) is 12.6 Å². The predicted molar refractivity (Wildman–Crippen MR) is 95.5 cm³/mol. The third-order valence-corrected chi connectivity index (χ3v) is 5.99. The van der Waals surface area contributed by atoms with Crippen LogP contribution < -0.4 is 10.6 Å². The number of rotatable bonds is 8. The molecule has 25 heavy (non-hydrogen) atoms. The lowest BCUT2D eigenvalue weighted by Crippen LogP contribution is -2.42. The number of nitrogens with one attached hydrogen (secondary N) is 2. The van der Waals surface area contributed by atoms with Crippen LogP contribution in [0.25, 0.3) is 0 Å². The maximum Gasteiger partial charge on any atom is 0.314 e. The number of fused-ring (bicyclic) bond motifs is 2. The molecule has 5 heteroatoms. The molecule has 5 nitrogen and oxygen atoms in total. The molecule has 0 heterocycles. The van der Waals surface area contributed by atoms with Crippen molar-refractivity contribution in [1.82, 2.24) is 10.6 Å². The van der Waals surface area contributed by atoms with Crippen LogP contribution >= 0.6 is 0 Å². The summed E-state index contributed by atoms with van der Waals surface area (Å²) in [5.74, 6) is 1.23. The van der Waals surface area contributed by atoms with Gasteiger partial charge in [0.15, 0.2) is 0 Å². The molecular formula is C20H28N2O3. The van der Waals surface area contributed by atoms with Crippen molar-refractivity contribution in [2.75, 3.05) is 26.3 Å². The van der Waals surface area contributed by atoms with E-state index in [1.54, 1.807) is 0 Å². The molecule has 3 aliphatic carbocycles. The first-order valence-corrected chi connectivity index (χ1v) is 9.53. The van der Waals surface area contributed by atoms with E-state index in [0.29, 0.717) is 30.4 Å². The summed E-state index contributed by atoms with van der Waals surface area (Å²) in [4.78, 5) is 11.9. The van der Waals surface area contributed by atoms with Gasteiger partial charge in [-0.05, 0) is 55.1 Å². The molecule has 3 atom stereocenters. The van der Waals surface area contributed by atoms with Gasteiger partial charge in [-0.3, -0.25) is 0 Å². The maximum atomic E-state index is 11.9. The van der Waals surface area contributed by atoms with E-state index < -0.39 is 6.10 Å². The molecule has 0 aliphatic heterocycles. The van der Waals surface area contributed by atoms with Crippen LogP contribution in [-0.4, -0.2) is 43.5 Å². The summed E-state index contributed by atoms with van der Waals surface area (Å²) in [6.07, 6.45) is 5.37. The number of ether oxygens (including phenoxy) is 1. The number of hydrogen-bond acceptors (Lipinski definition) is 3. The van der Waals surface area contributed by atoms with Crippen molar-refractivity contribution in [3.8, 4) is 0 Å². The van der Waals surface area contributed by atoms with Crippen molar-refractivity contribution >= 4 is 6.03 Å². The first kappa shape index (κ1) is 16.9. The van der Waals surface area contributed by atoms with E-state index in [2.05, 4.69) is 34.9 Å². The average molecular weight is 344 g/mol. The number of carbonyl (C=O) groups excluding carboxylic acids is 1. The molecule has 136 valence electrons. The van der Waals surface area contributed by atoms with Crippen LogP contribution in [0.1, 0.15) is 36.8 Å². The molecule has 2 amide bonds. The van der Waals surface area contributed by atoms with Crippen LogP contribution in [-0.2, 0) is 16.6 Å². The van der Waals surface area contributed by atoms with Gasteiger partial charge in [0, 0.05) is 25.1 Å². The zero-order valence-electron chi connectivity index (χ0n) is 14.7. The van der Waals surface area contributed by atoms with Gasteiger partial charge in [-0.15, -0.1) is 0 Å². The average Bonchev–Trinajstić information content (AvgIpc) is 3.51. The summed E-state index contributed by atoms with van der Waals surface area (Å²) < 4.78 is 5.43. The summed E-state index contributed by atoms with van der Waals surface area (Å²) >= 11 is 0. The molecule has 0 aromatic heterocycles. The van der Waals surface area contributed by atoms with E-state index in [4.69, 9.17) is 4.74 Å².